The van der Waals surface area contributed by atoms with Gasteiger partial charge in [0.1, 0.15) is 11.6 Å². The summed E-state index contributed by atoms with van der Waals surface area (Å²) in [6.45, 7) is 1.72. The third-order valence-corrected chi connectivity index (χ3v) is 7.47. The summed E-state index contributed by atoms with van der Waals surface area (Å²) in [4.78, 5) is 35.3. The van der Waals surface area contributed by atoms with Gasteiger partial charge in [0.25, 0.3) is 0 Å². The van der Waals surface area contributed by atoms with Crippen molar-refractivity contribution < 1.29 is 28.2 Å². The van der Waals surface area contributed by atoms with Crippen LogP contribution in [0.2, 0.25) is 0 Å². The van der Waals surface area contributed by atoms with Gasteiger partial charge in [-0.3, -0.25) is 14.6 Å². The lowest BCUT2D eigenvalue weighted by Crippen LogP contribution is -2.44. The van der Waals surface area contributed by atoms with Crippen LogP contribution in [0.1, 0.15) is 29.6 Å². The molecular formula is C26H27F2N3O4S. The number of ether oxygens (including phenoxy) is 1. The molecule has 36 heavy (non-hydrogen) atoms. The summed E-state index contributed by atoms with van der Waals surface area (Å²) < 4.78 is 33.2. The minimum absolute atomic E-state index is 0.0359. The van der Waals surface area contributed by atoms with E-state index >= 15 is 0 Å². The Morgan fingerprint density at radius 3 is 2.81 bits per heavy atom. The number of carboxylic acids is 1. The number of nitrogens with zero attached hydrogens (tertiary/aromatic N) is 3. The number of benzene rings is 1. The number of pyridine rings is 2. The molecule has 1 aliphatic heterocycles. The van der Waals surface area contributed by atoms with Crippen LogP contribution in [0.4, 0.5) is 8.78 Å². The third kappa shape index (κ3) is 6.17. The second-order valence-electron chi connectivity index (χ2n) is 8.78. The van der Waals surface area contributed by atoms with Gasteiger partial charge in [-0.15, -0.1) is 11.8 Å². The van der Waals surface area contributed by atoms with Gasteiger partial charge in [-0.1, -0.05) is 0 Å². The highest BCUT2D eigenvalue weighted by atomic mass is 32.2. The maximum atomic E-state index is 14.6. The monoisotopic (exact) mass is 515 g/mol. The molecule has 0 aliphatic carbocycles. The van der Waals surface area contributed by atoms with Crippen molar-refractivity contribution in [3.63, 3.8) is 0 Å². The summed E-state index contributed by atoms with van der Waals surface area (Å²) in [5.74, 6) is -1.98. The van der Waals surface area contributed by atoms with Crippen LogP contribution in [0, 0.1) is 23.5 Å². The van der Waals surface area contributed by atoms with Gasteiger partial charge in [0.2, 0.25) is 0 Å². The fraction of sp³-hybridized carbons (Fsp3) is 0.385. The van der Waals surface area contributed by atoms with E-state index in [4.69, 9.17) is 4.74 Å². The van der Waals surface area contributed by atoms with Gasteiger partial charge in [-0.2, -0.15) is 0 Å². The van der Waals surface area contributed by atoms with Crippen LogP contribution in [0.25, 0.3) is 10.9 Å². The van der Waals surface area contributed by atoms with Crippen LogP contribution in [0.5, 0.6) is 5.75 Å². The summed E-state index contributed by atoms with van der Waals surface area (Å²) in [5.41, 5.74) is 0.453. The molecule has 10 heteroatoms. The minimum Gasteiger partial charge on any atom is -0.497 e. The molecule has 3 heterocycles. The van der Waals surface area contributed by atoms with Crippen LogP contribution in [0.15, 0.2) is 47.8 Å². The lowest BCUT2D eigenvalue weighted by Gasteiger charge is -2.36. The average Bonchev–Trinajstić information content (AvgIpc) is 2.87. The van der Waals surface area contributed by atoms with Gasteiger partial charge in [0.15, 0.2) is 11.6 Å². The van der Waals surface area contributed by atoms with E-state index in [1.807, 2.05) is 0 Å². The topological polar surface area (TPSA) is 92.6 Å². The number of thioether (sulfide) groups is 1. The second-order valence-corrected chi connectivity index (χ2v) is 9.90. The summed E-state index contributed by atoms with van der Waals surface area (Å²) in [5, 5.41) is 10.8. The zero-order valence-electron chi connectivity index (χ0n) is 19.8. The Kier molecular flexibility index (Phi) is 8.48. The Labute approximate surface area is 211 Å². The van der Waals surface area contributed by atoms with E-state index in [-0.39, 0.29) is 29.5 Å². The van der Waals surface area contributed by atoms with E-state index < -0.39 is 17.7 Å². The van der Waals surface area contributed by atoms with Crippen LogP contribution < -0.4 is 4.74 Å². The van der Waals surface area contributed by atoms with Crippen LogP contribution in [0.3, 0.4) is 0 Å². The molecule has 1 fully saturated rings. The van der Waals surface area contributed by atoms with E-state index in [1.165, 1.54) is 37.2 Å². The summed E-state index contributed by atoms with van der Waals surface area (Å²) in [7, 11) is 1.49. The number of ketones is 1. The van der Waals surface area contributed by atoms with E-state index in [1.54, 1.807) is 18.2 Å². The number of piperidine rings is 1. The van der Waals surface area contributed by atoms with Gasteiger partial charge in [0.05, 0.1) is 35.3 Å². The highest BCUT2D eigenvalue weighted by Gasteiger charge is 2.34. The van der Waals surface area contributed by atoms with Crippen molar-refractivity contribution in [3.8, 4) is 5.75 Å². The normalized spacial score (nSPS) is 18.3. The number of carbonyl (C=O) groups is 2. The molecular weight excluding hydrogens is 488 g/mol. The standard InChI is InChI=1S/C26H27F2N3O4S/c1-35-18-3-4-22-19(13-18)25(21(28)14-30-22)23(32)5-2-16-7-9-31(15-20(16)26(33)34)10-11-36-24-12-17(27)6-8-29-24/h3-4,6,8,12-14,16,20H,2,5,7,9-11,15H2,1H3,(H,33,34)/t16-,20+/m0/s1. The molecule has 0 spiro atoms. The first kappa shape index (κ1) is 26.0. The van der Waals surface area contributed by atoms with Crippen LogP contribution >= 0.6 is 11.8 Å². The molecule has 1 aliphatic rings. The van der Waals surface area contributed by atoms with Crippen molar-refractivity contribution in [2.24, 2.45) is 11.8 Å². The van der Waals surface area contributed by atoms with E-state index in [0.29, 0.717) is 59.9 Å². The number of methoxy groups -OCH3 is 1. The number of halogens is 2. The Bertz CT molecular complexity index is 1260. The fourth-order valence-corrected chi connectivity index (χ4v) is 5.53. The molecule has 1 aromatic carbocycles. The molecule has 7 nitrogen and oxygen atoms in total. The highest BCUT2D eigenvalue weighted by Crippen LogP contribution is 2.31. The Balaban J connectivity index is 1.36. The second kappa shape index (κ2) is 11.7. The SMILES string of the molecule is COc1ccc2ncc(F)c(C(=O)CC[C@H]3CCN(CCSc4cc(F)ccn4)C[C@H]3C(=O)O)c2c1. The lowest BCUT2D eigenvalue weighted by atomic mass is 9.81. The Morgan fingerprint density at radius 2 is 2.06 bits per heavy atom. The summed E-state index contributed by atoms with van der Waals surface area (Å²) >= 11 is 1.42. The molecule has 0 radical (unpaired) electrons. The number of likely N-dealkylation sites (tertiary alicyclic amines) is 1. The summed E-state index contributed by atoms with van der Waals surface area (Å²) in [6, 6.07) is 7.62. The number of hydrogen-bond donors (Lipinski definition) is 1. The van der Waals surface area contributed by atoms with E-state index in [9.17, 15) is 23.5 Å². The molecule has 2 aromatic heterocycles. The molecule has 3 aromatic rings. The predicted molar refractivity (Wildman–Crippen MR) is 132 cm³/mol. The van der Waals surface area contributed by atoms with Gasteiger partial charge in [0, 0.05) is 42.9 Å². The quantitative estimate of drug-likeness (QED) is 0.307. The van der Waals surface area contributed by atoms with Gasteiger partial charge in [-0.25, -0.2) is 13.8 Å². The predicted octanol–water partition coefficient (Wildman–Crippen LogP) is 4.69. The maximum Gasteiger partial charge on any atom is 0.308 e. The summed E-state index contributed by atoms with van der Waals surface area (Å²) in [6.07, 6.45) is 3.49. The third-order valence-electron chi connectivity index (χ3n) is 6.56. The Morgan fingerprint density at radius 1 is 1.22 bits per heavy atom. The van der Waals surface area contributed by atoms with Gasteiger partial charge < -0.3 is 14.7 Å². The minimum atomic E-state index is -0.901. The first-order valence-corrected chi connectivity index (χ1v) is 12.7. The number of carboxylic acid groups (broad SMARTS) is 1. The molecule has 0 saturated carbocycles. The number of hydrogen-bond acceptors (Lipinski definition) is 7. The van der Waals surface area contributed by atoms with Crippen LogP contribution in [-0.4, -0.2) is 64.2 Å². The van der Waals surface area contributed by atoms with Crippen molar-refractivity contribution in [1.29, 1.82) is 0 Å². The van der Waals surface area contributed by atoms with Crippen molar-refractivity contribution in [1.82, 2.24) is 14.9 Å². The van der Waals surface area contributed by atoms with Crippen molar-refractivity contribution in [3.05, 3.63) is 59.9 Å². The molecule has 0 unspecified atom stereocenters. The van der Waals surface area contributed by atoms with Crippen LogP contribution in [-0.2, 0) is 4.79 Å². The average molecular weight is 516 g/mol. The number of Topliss-reactive ketones (excluding diaryl/α,β-unsaturated/α-hetero) is 1. The lowest BCUT2D eigenvalue weighted by molar-refractivity contribution is -0.146. The highest BCUT2D eigenvalue weighted by molar-refractivity contribution is 7.99. The van der Waals surface area contributed by atoms with Gasteiger partial charge in [-0.05, 0) is 49.6 Å². The van der Waals surface area contributed by atoms with Crippen molar-refractivity contribution in [2.45, 2.75) is 24.3 Å². The number of aromatic nitrogens is 2. The first-order valence-electron chi connectivity index (χ1n) is 11.7. The molecule has 190 valence electrons. The maximum absolute atomic E-state index is 14.6. The van der Waals surface area contributed by atoms with Gasteiger partial charge >= 0.3 is 5.97 Å². The Hall–Kier alpha value is -3.11. The molecule has 1 saturated heterocycles. The zero-order chi connectivity index (χ0) is 25.7. The van der Waals surface area contributed by atoms with E-state index in [2.05, 4.69) is 14.9 Å². The molecule has 4 rings (SSSR count). The van der Waals surface area contributed by atoms with Crippen molar-refractivity contribution >= 4 is 34.4 Å². The molecule has 2 atom stereocenters. The molecule has 0 amide bonds. The molecule has 1 N–H and O–H groups in total. The first-order chi connectivity index (χ1) is 17.4. The zero-order valence-corrected chi connectivity index (χ0v) is 20.6. The van der Waals surface area contributed by atoms with E-state index in [0.717, 1.165) is 6.20 Å². The fourth-order valence-electron chi connectivity index (χ4n) is 4.64. The number of aliphatic carboxylic acids is 1. The number of carbonyl (C=O) groups excluding carboxylic acids is 1. The number of fused-ring (bicyclic) bond motifs is 1. The molecule has 0 bridgehead atoms. The number of rotatable bonds is 10. The largest absolute Gasteiger partial charge is 0.497 e. The van der Waals surface area contributed by atoms with Crippen molar-refractivity contribution in [2.75, 3.05) is 32.5 Å². The smallest absolute Gasteiger partial charge is 0.308 e.